The van der Waals surface area contributed by atoms with Gasteiger partial charge in [-0.1, -0.05) is 24.3 Å². The lowest BCUT2D eigenvalue weighted by Gasteiger charge is -2.06. The fraction of sp³-hybridized carbons (Fsp3) is 0.133. The Balaban J connectivity index is 2.10. The van der Waals surface area contributed by atoms with E-state index < -0.39 is 0 Å². The number of aldehydes is 1. The highest BCUT2D eigenvalue weighted by Gasteiger charge is 1.99. The average molecular weight is 242 g/mol. The van der Waals surface area contributed by atoms with Crippen molar-refractivity contribution in [3.63, 3.8) is 0 Å². The topological polar surface area (TPSA) is 46.5 Å². The van der Waals surface area contributed by atoms with Gasteiger partial charge in [0.05, 0.1) is 0 Å². The predicted octanol–water partition coefficient (Wildman–Crippen LogP) is 2.83. The van der Waals surface area contributed by atoms with Crippen LogP contribution in [0.2, 0.25) is 0 Å². The largest absolute Gasteiger partial charge is 0.457 e. The Hall–Kier alpha value is -2.13. The van der Waals surface area contributed by atoms with Gasteiger partial charge in [-0.05, 0) is 36.2 Å². The molecule has 0 heterocycles. The Labute approximate surface area is 106 Å². The summed E-state index contributed by atoms with van der Waals surface area (Å²) in [6, 6.07) is 14.5. The molecule has 0 amide bonds. The molecule has 0 saturated heterocycles. The molecule has 0 aromatic heterocycles. The van der Waals surface area contributed by atoms with Gasteiger partial charge in [0.25, 0.3) is 0 Å². The third-order valence-electron chi connectivity index (χ3n) is 2.55. The van der Waals surface area contributed by atoms with E-state index in [-0.39, 0.29) is 6.61 Å². The van der Waals surface area contributed by atoms with E-state index in [4.69, 9.17) is 9.84 Å². The molecule has 2 aromatic rings. The average Bonchev–Trinajstić information content (AvgIpc) is 2.42. The Morgan fingerprint density at radius 3 is 2.50 bits per heavy atom. The number of carbonyl (C=O) groups excluding carboxylic acids is 1. The van der Waals surface area contributed by atoms with Crippen LogP contribution in [0.15, 0.2) is 48.5 Å². The zero-order chi connectivity index (χ0) is 12.8. The van der Waals surface area contributed by atoms with Gasteiger partial charge >= 0.3 is 0 Å². The smallest absolute Gasteiger partial charge is 0.150 e. The van der Waals surface area contributed by atoms with Gasteiger partial charge in [-0.2, -0.15) is 0 Å². The second kappa shape index (κ2) is 5.98. The number of hydrogen-bond acceptors (Lipinski definition) is 3. The van der Waals surface area contributed by atoms with Crippen molar-refractivity contribution in [2.45, 2.75) is 6.42 Å². The summed E-state index contributed by atoms with van der Waals surface area (Å²) in [5.41, 5.74) is 1.65. The molecule has 0 radical (unpaired) electrons. The van der Waals surface area contributed by atoms with Gasteiger partial charge < -0.3 is 9.84 Å². The van der Waals surface area contributed by atoms with Crippen LogP contribution < -0.4 is 4.74 Å². The first-order valence-electron chi connectivity index (χ1n) is 5.75. The summed E-state index contributed by atoms with van der Waals surface area (Å²) in [7, 11) is 0. The van der Waals surface area contributed by atoms with E-state index in [1.165, 1.54) is 0 Å². The third-order valence-corrected chi connectivity index (χ3v) is 2.55. The van der Waals surface area contributed by atoms with Crippen LogP contribution in [0.25, 0.3) is 0 Å². The molecule has 0 atom stereocenters. The standard InChI is InChI=1S/C15H14O3/c16-9-8-12-4-6-14(7-5-12)18-15-3-1-2-13(10-15)11-17/h1-7,10-11,16H,8-9H2. The quantitative estimate of drug-likeness (QED) is 0.820. The van der Waals surface area contributed by atoms with Crippen LogP contribution in [0.4, 0.5) is 0 Å². The number of rotatable bonds is 5. The zero-order valence-corrected chi connectivity index (χ0v) is 9.87. The van der Waals surface area contributed by atoms with Crippen molar-refractivity contribution in [3.8, 4) is 11.5 Å². The number of ether oxygens (including phenoxy) is 1. The lowest BCUT2D eigenvalue weighted by molar-refractivity contribution is 0.112. The Morgan fingerprint density at radius 2 is 1.83 bits per heavy atom. The van der Waals surface area contributed by atoms with Crippen LogP contribution in [0.1, 0.15) is 15.9 Å². The predicted molar refractivity (Wildman–Crippen MR) is 69.1 cm³/mol. The van der Waals surface area contributed by atoms with Crippen LogP contribution in [0.3, 0.4) is 0 Å². The summed E-state index contributed by atoms with van der Waals surface area (Å²) in [5, 5.41) is 8.82. The van der Waals surface area contributed by atoms with Gasteiger partial charge in [0.1, 0.15) is 17.8 Å². The molecule has 0 saturated carbocycles. The highest BCUT2D eigenvalue weighted by Crippen LogP contribution is 2.22. The second-order valence-corrected chi connectivity index (χ2v) is 3.91. The van der Waals surface area contributed by atoms with Crippen molar-refractivity contribution in [1.82, 2.24) is 0 Å². The summed E-state index contributed by atoms with van der Waals surface area (Å²) in [6.45, 7) is 0.140. The van der Waals surface area contributed by atoms with E-state index >= 15 is 0 Å². The van der Waals surface area contributed by atoms with Gasteiger partial charge in [0, 0.05) is 12.2 Å². The summed E-state index contributed by atoms with van der Waals surface area (Å²) >= 11 is 0. The van der Waals surface area contributed by atoms with Crippen molar-refractivity contribution >= 4 is 6.29 Å². The zero-order valence-electron chi connectivity index (χ0n) is 9.87. The van der Waals surface area contributed by atoms with Crippen LogP contribution >= 0.6 is 0 Å². The highest BCUT2D eigenvalue weighted by molar-refractivity contribution is 5.75. The Kier molecular flexibility index (Phi) is 4.10. The van der Waals surface area contributed by atoms with E-state index in [1.807, 2.05) is 24.3 Å². The minimum atomic E-state index is 0.140. The van der Waals surface area contributed by atoms with E-state index in [1.54, 1.807) is 24.3 Å². The van der Waals surface area contributed by atoms with Crippen LogP contribution in [0, 0.1) is 0 Å². The van der Waals surface area contributed by atoms with Crippen LogP contribution in [-0.4, -0.2) is 18.0 Å². The van der Waals surface area contributed by atoms with Crippen LogP contribution in [-0.2, 0) is 6.42 Å². The lowest BCUT2D eigenvalue weighted by atomic mass is 10.1. The molecule has 0 bridgehead atoms. The summed E-state index contributed by atoms with van der Waals surface area (Å²) in [4.78, 5) is 10.6. The van der Waals surface area contributed by atoms with Gasteiger partial charge in [0.2, 0.25) is 0 Å². The van der Waals surface area contributed by atoms with Gasteiger partial charge in [-0.15, -0.1) is 0 Å². The fourth-order valence-corrected chi connectivity index (χ4v) is 1.64. The molecule has 0 aliphatic rings. The van der Waals surface area contributed by atoms with Crippen molar-refractivity contribution in [2.75, 3.05) is 6.61 Å². The fourth-order valence-electron chi connectivity index (χ4n) is 1.64. The molecular weight excluding hydrogens is 228 g/mol. The molecule has 0 fully saturated rings. The minimum absolute atomic E-state index is 0.140. The summed E-state index contributed by atoms with van der Waals surface area (Å²) in [5.74, 6) is 1.34. The lowest BCUT2D eigenvalue weighted by Crippen LogP contribution is -1.91. The molecule has 3 heteroatoms. The van der Waals surface area contributed by atoms with Gasteiger partial charge in [-0.3, -0.25) is 4.79 Å². The number of carbonyl (C=O) groups is 1. The number of aliphatic hydroxyl groups is 1. The van der Waals surface area contributed by atoms with Crippen molar-refractivity contribution in [2.24, 2.45) is 0 Å². The molecule has 0 unspecified atom stereocenters. The molecule has 1 N–H and O–H groups in total. The summed E-state index contributed by atoms with van der Waals surface area (Å²) < 4.78 is 5.63. The maximum Gasteiger partial charge on any atom is 0.150 e. The van der Waals surface area contributed by atoms with Crippen molar-refractivity contribution in [1.29, 1.82) is 0 Å². The third kappa shape index (κ3) is 3.18. The second-order valence-electron chi connectivity index (χ2n) is 3.91. The molecule has 2 rings (SSSR count). The molecule has 2 aromatic carbocycles. The molecule has 0 spiro atoms. The van der Waals surface area contributed by atoms with E-state index in [0.717, 1.165) is 11.8 Å². The minimum Gasteiger partial charge on any atom is -0.457 e. The maximum atomic E-state index is 10.6. The molecule has 18 heavy (non-hydrogen) atoms. The summed E-state index contributed by atoms with van der Waals surface area (Å²) in [6.07, 6.45) is 1.43. The molecule has 3 nitrogen and oxygen atoms in total. The number of aliphatic hydroxyl groups excluding tert-OH is 1. The first kappa shape index (κ1) is 12.3. The highest BCUT2D eigenvalue weighted by atomic mass is 16.5. The molecule has 92 valence electrons. The van der Waals surface area contributed by atoms with E-state index in [0.29, 0.717) is 23.5 Å². The maximum absolute atomic E-state index is 10.6. The first-order valence-corrected chi connectivity index (χ1v) is 5.75. The number of benzene rings is 2. The van der Waals surface area contributed by atoms with E-state index in [9.17, 15) is 4.79 Å². The normalized spacial score (nSPS) is 10.1. The van der Waals surface area contributed by atoms with Crippen molar-refractivity contribution < 1.29 is 14.6 Å². The SMILES string of the molecule is O=Cc1cccc(Oc2ccc(CCO)cc2)c1. The Morgan fingerprint density at radius 1 is 1.06 bits per heavy atom. The van der Waals surface area contributed by atoms with Crippen LogP contribution in [0.5, 0.6) is 11.5 Å². The molecule has 0 aliphatic carbocycles. The van der Waals surface area contributed by atoms with Crippen molar-refractivity contribution in [3.05, 3.63) is 59.7 Å². The number of hydrogen-bond donors (Lipinski definition) is 1. The van der Waals surface area contributed by atoms with Gasteiger partial charge in [-0.25, -0.2) is 0 Å². The Bertz CT molecular complexity index is 518. The van der Waals surface area contributed by atoms with Gasteiger partial charge in [0.15, 0.2) is 0 Å². The first-order chi connectivity index (χ1) is 8.81. The monoisotopic (exact) mass is 242 g/mol. The molecular formula is C15H14O3. The molecule has 0 aliphatic heterocycles. The van der Waals surface area contributed by atoms with E-state index in [2.05, 4.69) is 0 Å².